The number of nitrogens with zero attached hydrogens (tertiary/aromatic N) is 1. The minimum absolute atomic E-state index is 0. The maximum atomic E-state index is 12.8. The average Bonchev–Trinajstić information content (AvgIpc) is 3.46. The van der Waals surface area contributed by atoms with Crippen molar-refractivity contribution < 1.29 is 14.3 Å². The van der Waals surface area contributed by atoms with Gasteiger partial charge in [-0.25, -0.2) is 0 Å². The lowest BCUT2D eigenvalue weighted by Gasteiger charge is -2.32. The number of ether oxygens (including phenoxy) is 2. The topological polar surface area (TPSA) is 50.8 Å². The minimum atomic E-state index is 0. The number of likely N-dealkylation sites (tertiary alicyclic amines) is 1. The predicted molar refractivity (Wildman–Crippen MR) is 103 cm³/mol. The molecule has 1 aromatic carbocycles. The summed E-state index contributed by atoms with van der Waals surface area (Å²) in [6.45, 7) is 4.15. The molecule has 0 spiro atoms. The number of piperidine rings is 1. The van der Waals surface area contributed by atoms with Crippen molar-refractivity contribution in [3.63, 3.8) is 0 Å². The van der Waals surface area contributed by atoms with Crippen LogP contribution in [0.25, 0.3) is 0 Å². The maximum Gasteiger partial charge on any atom is 0.226 e. The molecule has 6 heteroatoms. The third-order valence-electron chi connectivity index (χ3n) is 5.83. The zero-order valence-corrected chi connectivity index (χ0v) is 16.2. The van der Waals surface area contributed by atoms with Crippen molar-refractivity contribution in [1.29, 1.82) is 0 Å². The number of hydrogen-bond acceptors (Lipinski definition) is 4. The van der Waals surface area contributed by atoms with Crippen molar-refractivity contribution in [2.24, 2.45) is 11.8 Å². The third kappa shape index (κ3) is 4.09. The van der Waals surface area contributed by atoms with Crippen molar-refractivity contribution in [3.8, 4) is 11.5 Å². The fraction of sp³-hybridized carbons (Fsp3) is 0.650. The number of benzene rings is 1. The second-order valence-electron chi connectivity index (χ2n) is 7.51. The van der Waals surface area contributed by atoms with Crippen molar-refractivity contribution >= 4 is 18.3 Å². The lowest BCUT2D eigenvalue weighted by atomic mass is 9.93. The van der Waals surface area contributed by atoms with Gasteiger partial charge in [0, 0.05) is 19.0 Å². The van der Waals surface area contributed by atoms with Crippen LogP contribution >= 0.6 is 12.4 Å². The Morgan fingerprint density at radius 3 is 2.65 bits per heavy atom. The molecule has 1 saturated carbocycles. The van der Waals surface area contributed by atoms with Gasteiger partial charge in [-0.05, 0) is 68.8 Å². The standard InChI is InChI=1S/C20H28N2O3.ClH/c1-21-7-4-14-5-8-22(9-6-14)20(23)17-13-16(17)15-2-3-18-19(12-15)25-11-10-24-18;/h2-3,12,14,16-17,21H,4-11,13H2,1H3;1H. The first-order valence-electron chi connectivity index (χ1n) is 9.59. The van der Waals surface area contributed by atoms with Crippen LogP contribution in [0.5, 0.6) is 11.5 Å². The van der Waals surface area contributed by atoms with Gasteiger partial charge in [-0.3, -0.25) is 4.79 Å². The fourth-order valence-electron chi connectivity index (χ4n) is 4.15. The highest BCUT2D eigenvalue weighted by Gasteiger charge is 2.46. The van der Waals surface area contributed by atoms with E-state index in [4.69, 9.17) is 9.47 Å². The molecule has 0 bridgehead atoms. The van der Waals surface area contributed by atoms with Crippen LogP contribution in [0.15, 0.2) is 18.2 Å². The summed E-state index contributed by atoms with van der Waals surface area (Å²) in [6.07, 6.45) is 4.49. The molecule has 2 heterocycles. The molecule has 0 radical (unpaired) electrons. The predicted octanol–water partition coefficient (Wildman–Crippen LogP) is 2.83. The Labute approximate surface area is 161 Å². The lowest BCUT2D eigenvalue weighted by molar-refractivity contribution is -0.134. The van der Waals surface area contributed by atoms with Crippen molar-refractivity contribution in [1.82, 2.24) is 10.2 Å². The minimum Gasteiger partial charge on any atom is -0.486 e. The van der Waals surface area contributed by atoms with Crippen LogP contribution in [0.2, 0.25) is 0 Å². The molecule has 1 aromatic rings. The summed E-state index contributed by atoms with van der Waals surface area (Å²) >= 11 is 0. The summed E-state index contributed by atoms with van der Waals surface area (Å²) < 4.78 is 11.3. The maximum absolute atomic E-state index is 12.8. The molecule has 26 heavy (non-hydrogen) atoms. The van der Waals surface area contributed by atoms with E-state index in [-0.39, 0.29) is 18.3 Å². The first kappa shape index (κ1) is 19.3. The number of fused-ring (bicyclic) bond motifs is 1. The molecule has 4 rings (SSSR count). The van der Waals surface area contributed by atoms with Gasteiger partial charge in [-0.15, -0.1) is 12.4 Å². The van der Waals surface area contributed by atoms with E-state index < -0.39 is 0 Å². The van der Waals surface area contributed by atoms with Gasteiger partial charge in [0.15, 0.2) is 11.5 Å². The van der Waals surface area contributed by atoms with E-state index in [2.05, 4.69) is 22.3 Å². The summed E-state index contributed by atoms with van der Waals surface area (Å²) in [4.78, 5) is 14.9. The Morgan fingerprint density at radius 1 is 1.19 bits per heavy atom. The highest BCUT2D eigenvalue weighted by Crippen LogP contribution is 2.50. The summed E-state index contributed by atoms with van der Waals surface area (Å²) in [5.74, 6) is 3.28. The number of amides is 1. The molecule has 1 saturated heterocycles. The van der Waals surface area contributed by atoms with Gasteiger partial charge >= 0.3 is 0 Å². The van der Waals surface area contributed by atoms with Gasteiger partial charge < -0.3 is 19.7 Å². The van der Waals surface area contributed by atoms with Gasteiger partial charge in [0.2, 0.25) is 5.91 Å². The Morgan fingerprint density at radius 2 is 1.92 bits per heavy atom. The van der Waals surface area contributed by atoms with Crippen molar-refractivity contribution in [2.45, 2.75) is 31.6 Å². The molecule has 1 N–H and O–H groups in total. The second kappa shape index (κ2) is 8.49. The molecule has 2 aliphatic heterocycles. The van der Waals surface area contributed by atoms with E-state index in [9.17, 15) is 4.79 Å². The van der Waals surface area contributed by atoms with Gasteiger partial charge in [0.25, 0.3) is 0 Å². The molecule has 2 unspecified atom stereocenters. The number of carbonyl (C=O) groups is 1. The number of halogens is 1. The SMILES string of the molecule is CNCCC1CCN(C(=O)C2CC2c2ccc3c(c2)OCCO3)CC1.Cl. The lowest BCUT2D eigenvalue weighted by Crippen LogP contribution is -2.40. The first-order valence-corrected chi connectivity index (χ1v) is 9.59. The van der Waals surface area contributed by atoms with Crippen LogP contribution < -0.4 is 14.8 Å². The van der Waals surface area contributed by atoms with Crippen LogP contribution in [0.3, 0.4) is 0 Å². The van der Waals surface area contributed by atoms with Gasteiger partial charge in [0.1, 0.15) is 13.2 Å². The van der Waals surface area contributed by atoms with Crippen LogP contribution in [0, 0.1) is 11.8 Å². The van der Waals surface area contributed by atoms with E-state index in [0.29, 0.717) is 25.0 Å². The second-order valence-corrected chi connectivity index (χ2v) is 7.51. The van der Waals surface area contributed by atoms with Crippen LogP contribution in [0.1, 0.15) is 37.2 Å². The number of carbonyl (C=O) groups excluding carboxylic acids is 1. The number of nitrogens with one attached hydrogen (secondary N) is 1. The molecule has 2 atom stereocenters. The van der Waals surface area contributed by atoms with Gasteiger partial charge in [0.05, 0.1) is 0 Å². The van der Waals surface area contributed by atoms with Crippen LogP contribution in [-0.4, -0.2) is 50.7 Å². The highest BCUT2D eigenvalue weighted by molar-refractivity contribution is 5.85. The smallest absolute Gasteiger partial charge is 0.226 e. The van der Waals surface area contributed by atoms with Gasteiger partial charge in [-0.1, -0.05) is 6.07 Å². The van der Waals surface area contributed by atoms with E-state index >= 15 is 0 Å². The van der Waals surface area contributed by atoms with E-state index in [1.54, 1.807) is 0 Å². The summed E-state index contributed by atoms with van der Waals surface area (Å²) in [5, 5.41) is 3.22. The molecule has 5 nitrogen and oxygen atoms in total. The van der Waals surface area contributed by atoms with E-state index in [0.717, 1.165) is 56.3 Å². The summed E-state index contributed by atoms with van der Waals surface area (Å²) in [5.41, 5.74) is 1.21. The van der Waals surface area contributed by atoms with Crippen LogP contribution in [0.4, 0.5) is 0 Å². The molecular formula is C20H29ClN2O3. The molecule has 1 amide bonds. The molecule has 1 aliphatic carbocycles. The monoisotopic (exact) mass is 380 g/mol. The summed E-state index contributed by atoms with van der Waals surface area (Å²) in [6, 6.07) is 6.14. The Kier molecular flexibility index (Phi) is 6.30. The van der Waals surface area contributed by atoms with Gasteiger partial charge in [-0.2, -0.15) is 0 Å². The van der Waals surface area contributed by atoms with E-state index in [1.807, 2.05) is 13.1 Å². The largest absolute Gasteiger partial charge is 0.486 e. The Balaban J connectivity index is 0.00000196. The van der Waals surface area contributed by atoms with Crippen molar-refractivity contribution in [2.75, 3.05) is 39.9 Å². The van der Waals surface area contributed by atoms with Crippen LogP contribution in [-0.2, 0) is 4.79 Å². The number of hydrogen-bond donors (Lipinski definition) is 1. The quantitative estimate of drug-likeness (QED) is 0.853. The number of rotatable bonds is 5. The Bertz CT molecular complexity index is 631. The van der Waals surface area contributed by atoms with Crippen molar-refractivity contribution in [3.05, 3.63) is 23.8 Å². The molecule has 0 aromatic heterocycles. The first-order chi connectivity index (χ1) is 12.3. The summed E-state index contributed by atoms with van der Waals surface area (Å²) in [7, 11) is 2.00. The zero-order valence-electron chi connectivity index (χ0n) is 15.4. The Hall–Kier alpha value is -1.46. The molecule has 3 aliphatic rings. The highest BCUT2D eigenvalue weighted by atomic mass is 35.5. The zero-order chi connectivity index (χ0) is 17.2. The molecule has 2 fully saturated rings. The normalized spacial score (nSPS) is 24.7. The third-order valence-corrected chi connectivity index (χ3v) is 5.83. The molecule has 144 valence electrons. The average molecular weight is 381 g/mol. The van der Waals surface area contributed by atoms with E-state index in [1.165, 1.54) is 12.0 Å². The fourth-order valence-corrected chi connectivity index (χ4v) is 4.15. The molecular weight excluding hydrogens is 352 g/mol.